The number of rotatable bonds is 3. The van der Waals surface area contributed by atoms with E-state index in [4.69, 9.17) is 4.42 Å². The monoisotopic (exact) mass is 769 g/mol. The van der Waals surface area contributed by atoms with Crippen LogP contribution in [-0.2, 0) is 10.8 Å². The molecule has 0 saturated carbocycles. The molecule has 0 bridgehead atoms. The number of hydrogen-bond donors (Lipinski definition) is 0. The zero-order valence-electron chi connectivity index (χ0n) is 34.6. The minimum absolute atomic E-state index is 0.0671. The van der Waals surface area contributed by atoms with Crippen molar-refractivity contribution in [2.45, 2.75) is 59.3 Å². The van der Waals surface area contributed by atoms with Crippen LogP contribution in [0.5, 0.6) is 0 Å². The third kappa shape index (κ3) is 5.15. The second-order valence-corrected chi connectivity index (χ2v) is 18.4. The maximum atomic E-state index is 16.8. The highest BCUT2D eigenvalue weighted by atomic mass is 19.1. The fourth-order valence-corrected chi connectivity index (χ4v) is 9.76. The average molecular weight is 770 g/mol. The van der Waals surface area contributed by atoms with Gasteiger partial charge in [-0.2, -0.15) is 0 Å². The highest BCUT2D eigenvalue weighted by molar-refractivity contribution is 7.01. The highest BCUT2D eigenvalue weighted by Gasteiger charge is 2.48. The molecular formula is C53H45BFN3O. The van der Waals surface area contributed by atoms with Crippen LogP contribution in [0.25, 0.3) is 38.5 Å². The van der Waals surface area contributed by atoms with Crippen molar-refractivity contribution in [3.63, 3.8) is 0 Å². The minimum atomic E-state index is -0.301. The van der Waals surface area contributed by atoms with E-state index >= 15 is 4.39 Å². The molecular weight excluding hydrogens is 724 g/mol. The van der Waals surface area contributed by atoms with E-state index in [1.165, 1.54) is 27.4 Å². The van der Waals surface area contributed by atoms with Gasteiger partial charge in [0.15, 0.2) is 0 Å². The van der Waals surface area contributed by atoms with Crippen molar-refractivity contribution < 1.29 is 8.81 Å². The summed E-state index contributed by atoms with van der Waals surface area (Å²) >= 11 is 0. The molecule has 2 aliphatic rings. The molecule has 0 unspecified atom stereocenters. The molecule has 59 heavy (non-hydrogen) atoms. The first-order chi connectivity index (χ1) is 28.4. The van der Waals surface area contributed by atoms with Gasteiger partial charge in [0.25, 0.3) is 6.71 Å². The summed E-state index contributed by atoms with van der Waals surface area (Å²) in [6, 6.07) is 51.3. The Morgan fingerprint density at radius 2 is 1.15 bits per heavy atom. The van der Waals surface area contributed by atoms with Gasteiger partial charge in [-0.25, -0.2) is 4.39 Å². The molecule has 4 nitrogen and oxygen atoms in total. The van der Waals surface area contributed by atoms with Crippen LogP contribution in [0.3, 0.4) is 0 Å². The second-order valence-electron chi connectivity index (χ2n) is 18.4. The van der Waals surface area contributed by atoms with Gasteiger partial charge in [-0.1, -0.05) is 114 Å². The fraction of sp³-hybridized carbons (Fsp3) is 0.170. The molecule has 7 aromatic carbocycles. The van der Waals surface area contributed by atoms with E-state index in [-0.39, 0.29) is 23.4 Å². The Balaban J connectivity index is 1.32. The van der Waals surface area contributed by atoms with Crippen LogP contribution in [0, 0.1) is 12.7 Å². The summed E-state index contributed by atoms with van der Waals surface area (Å²) < 4.78 is 26.4. The van der Waals surface area contributed by atoms with Crippen LogP contribution in [0.2, 0.25) is 0 Å². The molecule has 0 aliphatic carbocycles. The zero-order chi connectivity index (χ0) is 40.5. The fourth-order valence-electron chi connectivity index (χ4n) is 9.76. The molecule has 2 aliphatic heterocycles. The van der Waals surface area contributed by atoms with Crippen molar-refractivity contribution in [3.05, 3.63) is 168 Å². The first kappa shape index (κ1) is 35.6. The number of hydrogen-bond acceptors (Lipinski definition) is 3. The number of fused-ring (bicyclic) bond motifs is 10. The molecule has 9 aromatic rings. The minimum Gasteiger partial charge on any atom is -0.468 e. The summed E-state index contributed by atoms with van der Waals surface area (Å²) in [6.45, 7) is 15.3. The van der Waals surface area contributed by atoms with Gasteiger partial charge in [-0.05, 0) is 118 Å². The predicted octanol–water partition coefficient (Wildman–Crippen LogP) is 12.7. The lowest BCUT2D eigenvalue weighted by molar-refractivity contribution is 0.583. The van der Waals surface area contributed by atoms with Gasteiger partial charge in [0, 0.05) is 44.6 Å². The Hall–Kier alpha value is -6.53. The third-order valence-electron chi connectivity index (χ3n) is 12.7. The van der Waals surface area contributed by atoms with Crippen LogP contribution < -0.4 is 26.4 Å². The standard InChI is InChI=1S/C53H45BFN3O/c1-32-24-25-33(52(2,3)4)30-44(32)57-41-21-15-22-42-48(41)54(49-43(57)29-28-40-47(49)36-18-11-13-20-39(36)56(40)35-16-9-8-10-17-35)51-50(37-19-12-14-23-46(37)59-51)58(42)45-31-34(53(5,6)7)26-27-38(45)55/h8-31H,1-7H3. The normalized spacial score (nSPS) is 13.7. The maximum absolute atomic E-state index is 16.8. The largest absolute Gasteiger partial charge is 0.468 e. The van der Waals surface area contributed by atoms with E-state index in [2.05, 4.69) is 178 Å². The summed E-state index contributed by atoms with van der Waals surface area (Å²) in [6.07, 6.45) is 0. The summed E-state index contributed by atoms with van der Waals surface area (Å²) in [5.74, 6) is -0.277. The quantitative estimate of drug-likeness (QED) is 0.167. The number of para-hydroxylation sites is 3. The zero-order valence-corrected chi connectivity index (χ0v) is 34.6. The third-order valence-corrected chi connectivity index (χ3v) is 12.7. The van der Waals surface area contributed by atoms with Gasteiger partial charge in [0.2, 0.25) is 0 Å². The van der Waals surface area contributed by atoms with Gasteiger partial charge in [0.05, 0.1) is 28.1 Å². The van der Waals surface area contributed by atoms with E-state index in [9.17, 15) is 0 Å². The molecule has 0 amide bonds. The molecule has 0 radical (unpaired) electrons. The van der Waals surface area contributed by atoms with E-state index < -0.39 is 0 Å². The summed E-state index contributed by atoms with van der Waals surface area (Å²) in [5, 5.41) is 3.31. The summed E-state index contributed by atoms with van der Waals surface area (Å²) in [5.41, 5.74) is 16.1. The summed E-state index contributed by atoms with van der Waals surface area (Å²) in [4.78, 5) is 4.62. The van der Waals surface area contributed by atoms with Crippen LogP contribution in [0.15, 0.2) is 150 Å². The highest BCUT2D eigenvalue weighted by Crippen LogP contribution is 2.49. The number of anilines is 6. The number of furan rings is 1. The van der Waals surface area contributed by atoms with Gasteiger partial charge in [-0.3, -0.25) is 0 Å². The molecule has 0 saturated heterocycles. The van der Waals surface area contributed by atoms with Gasteiger partial charge < -0.3 is 18.8 Å². The first-order valence-electron chi connectivity index (χ1n) is 20.7. The molecule has 288 valence electrons. The maximum Gasteiger partial charge on any atom is 0.297 e. The Morgan fingerprint density at radius 1 is 0.525 bits per heavy atom. The Morgan fingerprint density at radius 3 is 1.90 bits per heavy atom. The van der Waals surface area contributed by atoms with Crippen LogP contribution in [-0.4, -0.2) is 11.3 Å². The van der Waals surface area contributed by atoms with Crippen molar-refractivity contribution in [1.29, 1.82) is 0 Å². The lowest BCUT2D eigenvalue weighted by atomic mass is 9.35. The van der Waals surface area contributed by atoms with Crippen molar-refractivity contribution >= 4 is 90.2 Å². The van der Waals surface area contributed by atoms with E-state index in [0.717, 1.165) is 72.8 Å². The molecule has 0 atom stereocenters. The van der Waals surface area contributed by atoms with Crippen LogP contribution in [0.4, 0.5) is 38.5 Å². The summed E-state index contributed by atoms with van der Waals surface area (Å²) in [7, 11) is 0. The molecule has 2 aromatic heterocycles. The average Bonchev–Trinajstić information content (AvgIpc) is 3.77. The topological polar surface area (TPSA) is 24.6 Å². The van der Waals surface area contributed by atoms with Crippen molar-refractivity contribution in [1.82, 2.24) is 4.57 Å². The second kappa shape index (κ2) is 12.5. The Kier molecular flexibility index (Phi) is 7.54. The molecule has 0 N–H and O–H groups in total. The van der Waals surface area contributed by atoms with E-state index in [0.29, 0.717) is 5.69 Å². The van der Waals surface area contributed by atoms with E-state index in [1.54, 1.807) is 6.07 Å². The van der Waals surface area contributed by atoms with Crippen molar-refractivity contribution in [2.24, 2.45) is 0 Å². The smallest absolute Gasteiger partial charge is 0.297 e. The van der Waals surface area contributed by atoms with Crippen LogP contribution >= 0.6 is 0 Å². The molecule has 6 heteroatoms. The number of halogens is 1. The number of aromatic nitrogens is 1. The number of aryl methyl sites for hydroxylation is 1. The Labute approximate surface area is 345 Å². The molecule has 4 heterocycles. The van der Waals surface area contributed by atoms with Gasteiger partial charge in [-0.15, -0.1) is 0 Å². The van der Waals surface area contributed by atoms with E-state index in [1.807, 2.05) is 24.3 Å². The SMILES string of the molecule is Cc1ccc(C(C)(C)C)cc1N1c2cccc3c2B(c2oc4ccccc4c2N3c2cc(C(C)(C)C)ccc2F)c2c1ccc1c2c2ccccc2n1-c1ccccc1. The first-order valence-corrected chi connectivity index (χ1v) is 20.7. The Bertz CT molecular complexity index is 3180. The lowest BCUT2D eigenvalue weighted by Gasteiger charge is -2.43. The number of nitrogens with zero attached hydrogens (tertiary/aromatic N) is 3. The molecule has 0 spiro atoms. The van der Waals surface area contributed by atoms with Crippen LogP contribution in [0.1, 0.15) is 58.2 Å². The lowest BCUT2D eigenvalue weighted by Crippen LogP contribution is -2.61. The number of benzene rings is 7. The predicted molar refractivity (Wildman–Crippen MR) is 247 cm³/mol. The van der Waals surface area contributed by atoms with Gasteiger partial charge in [0.1, 0.15) is 11.4 Å². The molecule has 0 fully saturated rings. The van der Waals surface area contributed by atoms with Gasteiger partial charge >= 0.3 is 0 Å². The van der Waals surface area contributed by atoms with Crippen molar-refractivity contribution in [2.75, 3.05) is 9.80 Å². The molecule has 11 rings (SSSR count). The van der Waals surface area contributed by atoms with Crippen molar-refractivity contribution in [3.8, 4) is 5.69 Å².